The van der Waals surface area contributed by atoms with Crippen molar-refractivity contribution in [1.82, 2.24) is 19.7 Å². The van der Waals surface area contributed by atoms with Crippen LogP contribution in [0.4, 0.5) is 40.2 Å². The van der Waals surface area contributed by atoms with Crippen LogP contribution in [0.2, 0.25) is 0 Å². The van der Waals surface area contributed by atoms with E-state index in [4.69, 9.17) is 14.5 Å². The summed E-state index contributed by atoms with van der Waals surface area (Å²) >= 11 is 3.57. The third-order valence-electron chi connectivity index (χ3n) is 7.43. The number of aliphatic imine (C=N–C) groups is 2. The Morgan fingerprint density at radius 3 is 2.50 bits per heavy atom. The van der Waals surface area contributed by atoms with Gasteiger partial charge in [-0.1, -0.05) is 0 Å². The zero-order valence-electron chi connectivity index (χ0n) is 27.1. The summed E-state index contributed by atoms with van der Waals surface area (Å²) in [7, 11) is 0.715. The summed E-state index contributed by atoms with van der Waals surface area (Å²) in [4.78, 5) is 20.2. The highest BCUT2D eigenvalue weighted by atomic mass is 79.9. The number of hydrogen-bond acceptors (Lipinski definition) is 11. The van der Waals surface area contributed by atoms with Gasteiger partial charge in [0.2, 0.25) is 5.95 Å². The number of benzene rings is 2. The number of hydrogen-bond donors (Lipinski definition) is 2. The van der Waals surface area contributed by atoms with Gasteiger partial charge in [-0.05, 0) is 74.9 Å². The normalized spacial score (nSPS) is 16.9. The molecule has 12 nitrogen and oxygen atoms in total. The van der Waals surface area contributed by atoms with Crippen molar-refractivity contribution in [1.29, 1.82) is 0 Å². The number of halogens is 1. The Kier molecular flexibility index (Phi) is 9.95. The summed E-state index contributed by atoms with van der Waals surface area (Å²) in [5, 5.41) is 11.7. The summed E-state index contributed by atoms with van der Waals surface area (Å²) in [6, 6.07) is 7.66. The zero-order valence-corrected chi connectivity index (χ0v) is 29.6. The third kappa shape index (κ3) is 7.16. The van der Waals surface area contributed by atoms with Gasteiger partial charge in [-0.3, -0.25) is 14.7 Å². The maximum Gasteiger partial charge on any atom is 0.229 e. The fraction of sp³-hybridized carbons (Fsp3) is 0.344. The van der Waals surface area contributed by atoms with Gasteiger partial charge in [0.25, 0.3) is 0 Å². The van der Waals surface area contributed by atoms with E-state index < -0.39 is 7.14 Å². The molecule has 0 spiro atoms. The molecule has 0 saturated carbocycles. The van der Waals surface area contributed by atoms with Gasteiger partial charge in [-0.2, -0.15) is 10.1 Å². The molecule has 5 rings (SSSR count). The first-order chi connectivity index (χ1) is 21.9. The molecule has 2 aromatic carbocycles. The molecule has 2 aromatic heterocycles. The van der Waals surface area contributed by atoms with Crippen molar-refractivity contribution in [2.45, 2.75) is 33.0 Å². The highest BCUT2D eigenvalue weighted by Crippen LogP contribution is 2.46. The third-order valence-corrected chi connectivity index (χ3v) is 9.54. The van der Waals surface area contributed by atoms with Crippen molar-refractivity contribution in [3.63, 3.8) is 0 Å². The Labute approximate surface area is 277 Å². The number of nitrogens with one attached hydrogen (secondary N) is 2. The lowest BCUT2D eigenvalue weighted by atomic mass is 10.0. The maximum absolute atomic E-state index is 13.5. The molecule has 14 heteroatoms. The molecule has 1 saturated heterocycles. The van der Waals surface area contributed by atoms with E-state index in [0.29, 0.717) is 50.0 Å². The number of nitrogens with zero attached hydrogens (tertiary/aromatic N) is 7. The van der Waals surface area contributed by atoms with Crippen molar-refractivity contribution >= 4 is 81.5 Å². The van der Waals surface area contributed by atoms with Gasteiger partial charge >= 0.3 is 0 Å². The largest absolute Gasteiger partial charge is 0.494 e. The van der Waals surface area contributed by atoms with Gasteiger partial charge in [0.15, 0.2) is 0 Å². The number of aromatic nitrogens is 4. The fourth-order valence-electron chi connectivity index (χ4n) is 5.63. The Balaban J connectivity index is 1.55. The minimum atomic E-state index is -2.82. The monoisotopic (exact) mass is 707 g/mol. The van der Waals surface area contributed by atoms with Crippen molar-refractivity contribution < 1.29 is 14.0 Å². The second-order valence-electron chi connectivity index (χ2n) is 11.5. The molecule has 1 fully saturated rings. The Morgan fingerprint density at radius 1 is 1.15 bits per heavy atom. The molecule has 1 aliphatic heterocycles. The maximum atomic E-state index is 13.5. The molecule has 3 heterocycles. The highest BCUT2D eigenvalue weighted by molar-refractivity contribution is 9.10. The first kappa shape index (κ1) is 33.3. The number of morpholine rings is 1. The van der Waals surface area contributed by atoms with Gasteiger partial charge in [0.1, 0.15) is 24.4 Å². The van der Waals surface area contributed by atoms with Gasteiger partial charge in [-0.25, -0.2) is 4.98 Å². The van der Waals surface area contributed by atoms with Gasteiger partial charge in [-0.15, -0.1) is 0 Å². The standard InChI is InChI=1S/C32H39BrN9O3P/c1-9-35-29-24(34-4)10-11-25(30(29)46(7,8)43)38-31-23(33)15-36-32(40-31)39-26-12-22(21-14-37-41(5)18-21)27(13-28(26)44-6)42-16-19(2)45-20(3)17-42/h9-15,18-20H,4,16-17H2,1-3,5-8H3,(H2,36,38,39,40). The number of aryl methyl sites for hydroxylation is 1. The van der Waals surface area contributed by atoms with Crippen LogP contribution in [0.1, 0.15) is 20.8 Å². The van der Waals surface area contributed by atoms with Crippen LogP contribution >= 0.6 is 23.1 Å². The molecule has 0 amide bonds. The Hall–Kier alpha value is -4.06. The van der Waals surface area contributed by atoms with E-state index in [1.165, 1.54) is 0 Å². The van der Waals surface area contributed by atoms with E-state index in [2.05, 4.69) is 72.1 Å². The number of methoxy groups -OCH3 is 1. The van der Waals surface area contributed by atoms with Crippen LogP contribution in [0.3, 0.4) is 0 Å². The van der Waals surface area contributed by atoms with E-state index in [-0.39, 0.29) is 12.2 Å². The summed E-state index contributed by atoms with van der Waals surface area (Å²) in [5.74, 6) is 1.43. The molecular weight excluding hydrogens is 669 g/mol. The topological polar surface area (TPSA) is 131 Å². The predicted molar refractivity (Wildman–Crippen MR) is 192 cm³/mol. The minimum Gasteiger partial charge on any atom is -0.494 e. The summed E-state index contributed by atoms with van der Waals surface area (Å²) in [6.07, 6.45) is 7.30. The van der Waals surface area contributed by atoms with Crippen LogP contribution in [-0.4, -0.2) is 78.4 Å². The summed E-state index contributed by atoms with van der Waals surface area (Å²) < 4.78 is 27.8. The molecular formula is C32H39BrN9O3P. The zero-order chi connectivity index (χ0) is 33.2. The number of rotatable bonds is 10. The second kappa shape index (κ2) is 13.7. The van der Waals surface area contributed by atoms with Crippen LogP contribution in [0, 0.1) is 0 Å². The molecule has 1 aliphatic rings. The molecule has 0 aliphatic carbocycles. The van der Waals surface area contributed by atoms with E-state index in [1.54, 1.807) is 50.5 Å². The van der Waals surface area contributed by atoms with Crippen LogP contribution in [0.15, 0.2) is 57.3 Å². The van der Waals surface area contributed by atoms with Crippen LogP contribution < -0.4 is 25.6 Å². The molecule has 0 bridgehead atoms. The van der Waals surface area contributed by atoms with E-state index in [9.17, 15) is 4.57 Å². The molecule has 2 atom stereocenters. The summed E-state index contributed by atoms with van der Waals surface area (Å²) in [6.45, 7) is 14.5. The Bertz CT molecular complexity index is 1830. The SMILES string of the molecule is C=Nc1ccc(Nc2nc(Nc3cc(-c4cnn(C)c4)c(N4CC(C)OC(C)C4)cc3OC)ncc2Br)c(P(C)(C)=O)c1N=CC. The van der Waals surface area contributed by atoms with Gasteiger partial charge in [0, 0.05) is 61.6 Å². The fourth-order valence-corrected chi connectivity index (χ4v) is 7.31. The van der Waals surface area contributed by atoms with Crippen molar-refractivity contribution in [2.24, 2.45) is 17.0 Å². The van der Waals surface area contributed by atoms with E-state index in [0.717, 1.165) is 29.9 Å². The molecule has 46 heavy (non-hydrogen) atoms. The smallest absolute Gasteiger partial charge is 0.229 e. The number of ether oxygens (including phenoxy) is 2. The predicted octanol–water partition coefficient (Wildman–Crippen LogP) is 7.05. The second-order valence-corrected chi connectivity index (χ2v) is 15.5. The number of anilines is 5. The molecule has 4 aromatic rings. The van der Waals surface area contributed by atoms with Crippen molar-refractivity contribution in [2.75, 3.05) is 49.1 Å². The average Bonchev–Trinajstić information content (AvgIpc) is 3.43. The molecule has 2 N–H and O–H groups in total. The molecule has 2 unspecified atom stereocenters. The first-order valence-electron chi connectivity index (χ1n) is 14.8. The molecule has 242 valence electrons. The lowest BCUT2D eigenvalue weighted by Gasteiger charge is -2.38. The van der Waals surface area contributed by atoms with Gasteiger partial charge < -0.3 is 29.6 Å². The average molecular weight is 709 g/mol. The molecule has 0 radical (unpaired) electrons. The van der Waals surface area contributed by atoms with Crippen molar-refractivity contribution in [3.8, 4) is 16.9 Å². The van der Waals surface area contributed by atoms with Gasteiger partial charge in [0.05, 0.1) is 52.4 Å². The quantitative estimate of drug-likeness (QED) is 0.131. The van der Waals surface area contributed by atoms with Crippen LogP contribution in [0.5, 0.6) is 5.75 Å². The van der Waals surface area contributed by atoms with E-state index >= 15 is 0 Å². The first-order valence-corrected chi connectivity index (χ1v) is 18.2. The highest BCUT2D eigenvalue weighted by Gasteiger charge is 2.27. The lowest BCUT2D eigenvalue weighted by molar-refractivity contribution is -0.00519. The Morgan fingerprint density at radius 2 is 1.89 bits per heavy atom. The van der Waals surface area contributed by atoms with Crippen molar-refractivity contribution in [3.05, 3.63) is 47.3 Å². The lowest BCUT2D eigenvalue weighted by Crippen LogP contribution is -2.45. The summed E-state index contributed by atoms with van der Waals surface area (Å²) in [5.41, 5.74) is 5.31. The minimum absolute atomic E-state index is 0.0836. The van der Waals surface area contributed by atoms with E-state index in [1.807, 2.05) is 37.6 Å². The van der Waals surface area contributed by atoms with Crippen LogP contribution in [0.25, 0.3) is 11.1 Å². The van der Waals surface area contributed by atoms with Crippen LogP contribution in [-0.2, 0) is 16.3 Å².